The number of hydrogen-bond donors (Lipinski definition) is 3. The molecular weight excluding hydrogens is 446 g/mol. The normalized spacial score (nSPS) is 13.2. The Morgan fingerprint density at radius 3 is 2.37 bits per heavy atom. The van der Waals surface area contributed by atoms with Crippen LogP contribution in [0, 0.1) is 0 Å². The summed E-state index contributed by atoms with van der Waals surface area (Å²) in [7, 11) is 0. The highest BCUT2D eigenvalue weighted by atomic mass is 16.2. The van der Waals surface area contributed by atoms with E-state index in [-0.39, 0.29) is 37.2 Å². The second-order valence-corrected chi connectivity index (χ2v) is 8.08. The van der Waals surface area contributed by atoms with E-state index in [0.717, 1.165) is 21.1 Å². The molecule has 9 nitrogen and oxygen atoms in total. The van der Waals surface area contributed by atoms with Crippen LogP contribution in [0.4, 0.5) is 16.2 Å². The van der Waals surface area contributed by atoms with Crippen molar-refractivity contribution in [3.8, 4) is 0 Å². The molecule has 0 spiro atoms. The molecule has 1 aliphatic rings. The molecule has 1 aliphatic heterocycles. The molecule has 4 aromatic rings. The zero-order chi connectivity index (χ0) is 24.4. The molecule has 3 aromatic carbocycles. The van der Waals surface area contributed by atoms with Crippen molar-refractivity contribution in [3.63, 3.8) is 0 Å². The van der Waals surface area contributed by atoms with Crippen molar-refractivity contribution in [2.24, 2.45) is 0 Å². The summed E-state index contributed by atoms with van der Waals surface area (Å²) in [5, 5.41) is 10.9. The van der Waals surface area contributed by atoms with E-state index in [1.54, 1.807) is 30.5 Å². The molecule has 35 heavy (non-hydrogen) atoms. The van der Waals surface area contributed by atoms with Crippen molar-refractivity contribution in [2.45, 2.75) is 6.42 Å². The zero-order valence-corrected chi connectivity index (χ0v) is 18.6. The van der Waals surface area contributed by atoms with Gasteiger partial charge in [-0.05, 0) is 47.2 Å². The molecule has 5 amide bonds. The minimum atomic E-state index is -0.489. The number of fused-ring (bicyclic) bond motifs is 3. The van der Waals surface area contributed by atoms with Crippen LogP contribution >= 0.6 is 0 Å². The molecule has 1 aromatic heterocycles. The second kappa shape index (κ2) is 9.22. The molecule has 0 unspecified atom stereocenters. The van der Waals surface area contributed by atoms with Gasteiger partial charge < -0.3 is 16.0 Å². The van der Waals surface area contributed by atoms with E-state index in [0.29, 0.717) is 22.5 Å². The minimum Gasteiger partial charge on any atom is -0.329 e. The Morgan fingerprint density at radius 1 is 0.914 bits per heavy atom. The number of imide groups is 1. The number of aromatic nitrogens is 1. The van der Waals surface area contributed by atoms with Gasteiger partial charge in [-0.2, -0.15) is 0 Å². The lowest BCUT2D eigenvalue weighted by atomic mass is 10.0. The molecule has 1 fully saturated rings. The smallest absolute Gasteiger partial charge is 0.324 e. The van der Waals surface area contributed by atoms with Crippen LogP contribution in [0.15, 0.2) is 72.9 Å². The molecule has 2 heterocycles. The molecule has 174 valence electrons. The van der Waals surface area contributed by atoms with Gasteiger partial charge in [0.25, 0.3) is 5.91 Å². The fourth-order valence-electron chi connectivity index (χ4n) is 4.06. The van der Waals surface area contributed by atoms with E-state index in [1.165, 1.54) is 0 Å². The van der Waals surface area contributed by atoms with Crippen LogP contribution in [0.25, 0.3) is 21.7 Å². The molecular formula is C26H21N5O4. The van der Waals surface area contributed by atoms with Crippen LogP contribution in [0.1, 0.15) is 16.8 Å². The zero-order valence-electron chi connectivity index (χ0n) is 18.6. The molecule has 0 radical (unpaired) electrons. The van der Waals surface area contributed by atoms with Gasteiger partial charge in [-0.3, -0.25) is 24.3 Å². The predicted octanol–water partition coefficient (Wildman–Crippen LogP) is 3.52. The van der Waals surface area contributed by atoms with E-state index in [9.17, 15) is 19.2 Å². The lowest BCUT2D eigenvalue weighted by molar-refractivity contribution is -0.125. The highest BCUT2D eigenvalue weighted by Crippen LogP contribution is 2.28. The first-order valence-electron chi connectivity index (χ1n) is 11.1. The summed E-state index contributed by atoms with van der Waals surface area (Å²) < 4.78 is 0. The van der Waals surface area contributed by atoms with E-state index in [1.807, 2.05) is 42.5 Å². The molecule has 3 N–H and O–H groups in total. The molecule has 0 saturated carbocycles. The summed E-state index contributed by atoms with van der Waals surface area (Å²) >= 11 is 0. The third-order valence-corrected chi connectivity index (χ3v) is 5.78. The maximum absolute atomic E-state index is 13.1. The first-order valence-corrected chi connectivity index (χ1v) is 11.1. The van der Waals surface area contributed by atoms with Gasteiger partial charge in [-0.15, -0.1) is 0 Å². The Hall–Kier alpha value is -4.79. The minimum absolute atomic E-state index is 0.0123. The van der Waals surface area contributed by atoms with Crippen molar-refractivity contribution < 1.29 is 19.2 Å². The third-order valence-electron chi connectivity index (χ3n) is 5.78. The number of pyridine rings is 1. The van der Waals surface area contributed by atoms with E-state index in [4.69, 9.17) is 0 Å². The second-order valence-electron chi connectivity index (χ2n) is 8.08. The molecule has 0 bridgehead atoms. The van der Waals surface area contributed by atoms with Crippen LogP contribution in [0.2, 0.25) is 0 Å². The van der Waals surface area contributed by atoms with Crippen molar-refractivity contribution in [3.05, 3.63) is 78.5 Å². The maximum atomic E-state index is 13.1. The number of benzene rings is 3. The standard InChI is InChI=1S/C26H21N5O4/c32-22(11-13-31-23(33)15-28-26(31)35)29-17-7-9-18(10-8-17)30-25(34)21-14-16-4-1-2-5-19(16)20-6-3-12-27-24(20)21/h1-10,12,14H,11,13,15H2,(H,28,35)(H,29,32)(H,30,34). The molecule has 9 heteroatoms. The van der Waals surface area contributed by atoms with Gasteiger partial charge in [-0.1, -0.05) is 30.3 Å². The number of nitrogens with zero attached hydrogens (tertiary/aromatic N) is 2. The summed E-state index contributed by atoms with van der Waals surface area (Å²) in [5.41, 5.74) is 2.18. The van der Waals surface area contributed by atoms with E-state index in [2.05, 4.69) is 20.9 Å². The first kappa shape index (κ1) is 22.0. The number of carbonyl (C=O) groups is 4. The van der Waals surface area contributed by atoms with Crippen molar-refractivity contribution in [1.82, 2.24) is 15.2 Å². The molecule has 5 rings (SSSR count). The maximum Gasteiger partial charge on any atom is 0.324 e. The van der Waals surface area contributed by atoms with Crippen LogP contribution in [-0.2, 0) is 9.59 Å². The van der Waals surface area contributed by atoms with Crippen molar-refractivity contribution in [2.75, 3.05) is 23.7 Å². The van der Waals surface area contributed by atoms with Gasteiger partial charge in [0, 0.05) is 35.9 Å². The summed E-state index contributed by atoms with van der Waals surface area (Å²) in [4.78, 5) is 53.9. The Bertz CT molecular complexity index is 1470. The molecule has 1 saturated heterocycles. The number of hydrogen-bond acceptors (Lipinski definition) is 5. The number of urea groups is 1. The van der Waals surface area contributed by atoms with Crippen LogP contribution in [0.3, 0.4) is 0 Å². The van der Waals surface area contributed by atoms with E-state index >= 15 is 0 Å². The summed E-state index contributed by atoms with van der Waals surface area (Å²) in [6.07, 6.45) is 1.65. The Morgan fingerprint density at radius 2 is 1.63 bits per heavy atom. The summed E-state index contributed by atoms with van der Waals surface area (Å²) in [5.74, 6) is -0.968. The van der Waals surface area contributed by atoms with Gasteiger partial charge >= 0.3 is 6.03 Å². The molecule has 0 atom stereocenters. The number of rotatable bonds is 6. The molecule has 0 aliphatic carbocycles. The average Bonchev–Trinajstić information content (AvgIpc) is 3.20. The first-order chi connectivity index (χ1) is 17.0. The predicted molar refractivity (Wildman–Crippen MR) is 132 cm³/mol. The van der Waals surface area contributed by atoms with Crippen LogP contribution < -0.4 is 16.0 Å². The van der Waals surface area contributed by atoms with Crippen molar-refractivity contribution in [1.29, 1.82) is 0 Å². The van der Waals surface area contributed by atoms with Crippen LogP contribution in [-0.4, -0.2) is 46.7 Å². The fraction of sp³-hybridized carbons (Fsp3) is 0.115. The van der Waals surface area contributed by atoms with E-state index < -0.39 is 6.03 Å². The Balaban J connectivity index is 1.26. The average molecular weight is 467 g/mol. The summed E-state index contributed by atoms with van der Waals surface area (Å²) in [6, 6.07) is 19.7. The Labute approximate surface area is 200 Å². The quantitative estimate of drug-likeness (QED) is 0.296. The van der Waals surface area contributed by atoms with Gasteiger partial charge in [0.05, 0.1) is 17.6 Å². The van der Waals surface area contributed by atoms with Crippen molar-refractivity contribution >= 4 is 56.8 Å². The number of anilines is 2. The highest BCUT2D eigenvalue weighted by molar-refractivity contribution is 6.18. The number of carbonyl (C=O) groups excluding carboxylic acids is 4. The SMILES string of the molecule is O=C(CCN1C(=O)CNC1=O)Nc1ccc(NC(=O)c2cc3ccccc3c3cccnc23)cc1. The topological polar surface area (TPSA) is 121 Å². The van der Waals surface area contributed by atoms with Gasteiger partial charge in [0.2, 0.25) is 11.8 Å². The highest BCUT2D eigenvalue weighted by Gasteiger charge is 2.28. The fourth-order valence-corrected chi connectivity index (χ4v) is 4.06. The van der Waals surface area contributed by atoms with Crippen LogP contribution in [0.5, 0.6) is 0 Å². The summed E-state index contributed by atoms with van der Waals surface area (Å²) in [6.45, 7) is -0.0307. The van der Waals surface area contributed by atoms with Gasteiger partial charge in [-0.25, -0.2) is 4.79 Å². The monoisotopic (exact) mass is 467 g/mol. The lowest BCUT2D eigenvalue weighted by Gasteiger charge is -2.12. The largest absolute Gasteiger partial charge is 0.329 e. The Kier molecular flexibility index (Phi) is 5.80. The number of amides is 5. The third kappa shape index (κ3) is 4.51. The van der Waals surface area contributed by atoms with Gasteiger partial charge in [0.1, 0.15) is 0 Å². The van der Waals surface area contributed by atoms with Gasteiger partial charge in [0.15, 0.2) is 0 Å². The lowest BCUT2D eigenvalue weighted by Crippen LogP contribution is -2.33. The number of nitrogens with one attached hydrogen (secondary N) is 3.